The Balaban J connectivity index is 1.86. The fraction of sp³-hybridized carbons (Fsp3) is 0.667. The Labute approximate surface area is 124 Å². The molecule has 0 saturated carbocycles. The number of nitrogens with zero attached hydrogens (tertiary/aromatic N) is 2. The SMILES string of the molecule is Cc1ccsc1C(C(=O)N1CCCC1)N1CCNCC1. The maximum Gasteiger partial charge on any atom is 0.245 e. The number of amides is 1. The normalized spacial score (nSPS) is 22.1. The maximum absolute atomic E-state index is 13.0. The molecule has 0 aliphatic carbocycles. The first-order valence-corrected chi connectivity index (χ1v) is 8.43. The first kappa shape index (κ1) is 14.0. The second-order valence-electron chi connectivity index (χ2n) is 5.69. The molecule has 2 fully saturated rings. The van der Waals surface area contributed by atoms with Crippen molar-refractivity contribution in [2.75, 3.05) is 39.3 Å². The minimum Gasteiger partial charge on any atom is -0.341 e. The summed E-state index contributed by atoms with van der Waals surface area (Å²) in [6.45, 7) is 7.88. The van der Waals surface area contributed by atoms with E-state index in [1.54, 1.807) is 11.3 Å². The van der Waals surface area contributed by atoms with Crippen LogP contribution >= 0.6 is 11.3 Å². The number of hydrogen-bond acceptors (Lipinski definition) is 4. The molecule has 110 valence electrons. The third kappa shape index (κ3) is 2.75. The molecule has 3 heterocycles. The molecule has 1 unspecified atom stereocenters. The Kier molecular flexibility index (Phi) is 4.38. The minimum atomic E-state index is -0.0600. The molecular weight excluding hydrogens is 270 g/mol. The second kappa shape index (κ2) is 6.24. The molecule has 2 aliphatic heterocycles. The van der Waals surface area contributed by atoms with E-state index < -0.39 is 0 Å². The Morgan fingerprint density at radius 3 is 2.55 bits per heavy atom. The quantitative estimate of drug-likeness (QED) is 0.920. The van der Waals surface area contributed by atoms with Crippen LogP contribution in [0.1, 0.15) is 29.3 Å². The molecule has 5 heteroatoms. The van der Waals surface area contributed by atoms with Gasteiger partial charge in [0.15, 0.2) is 0 Å². The van der Waals surface area contributed by atoms with Gasteiger partial charge in [0.2, 0.25) is 5.91 Å². The standard InChI is InChI=1S/C15H23N3OS/c1-12-4-11-20-14(12)13(17-9-5-16-6-10-17)15(19)18-7-2-3-8-18/h4,11,13,16H,2-3,5-10H2,1H3. The number of nitrogens with one attached hydrogen (secondary N) is 1. The lowest BCUT2D eigenvalue weighted by Crippen LogP contribution is -2.49. The average molecular weight is 293 g/mol. The van der Waals surface area contributed by atoms with Gasteiger partial charge in [0.25, 0.3) is 0 Å². The van der Waals surface area contributed by atoms with Crippen molar-refractivity contribution in [2.45, 2.75) is 25.8 Å². The molecule has 1 aromatic heterocycles. The van der Waals surface area contributed by atoms with Crippen LogP contribution in [-0.2, 0) is 4.79 Å². The molecule has 0 bridgehead atoms. The highest BCUT2D eigenvalue weighted by Crippen LogP contribution is 2.31. The molecule has 4 nitrogen and oxygen atoms in total. The molecule has 20 heavy (non-hydrogen) atoms. The average Bonchev–Trinajstić information content (AvgIpc) is 3.13. The van der Waals surface area contributed by atoms with E-state index in [1.165, 1.54) is 10.4 Å². The third-order valence-electron chi connectivity index (χ3n) is 4.32. The van der Waals surface area contributed by atoms with E-state index in [4.69, 9.17) is 0 Å². The Bertz CT molecular complexity index is 461. The molecule has 2 saturated heterocycles. The molecule has 1 atom stereocenters. The summed E-state index contributed by atoms with van der Waals surface area (Å²) in [7, 11) is 0. The summed E-state index contributed by atoms with van der Waals surface area (Å²) in [6.07, 6.45) is 2.31. The van der Waals surface area contributed by atoms with E-state index in [9.17, 15) is 4.79 Å². The Morgan fingerprint density at radius 2 is 1.95 bits per heavy atom. The summed E-state index contributed by atoms with van der Waals surface area (Å²) >= 11 is 1.73. The van der Waals surface area contributed by atoms with Gasteiger partial charge >= 0.3 is 0 Å². The number of carbonyl (C=O) groups excluding carboxylic acids is 1. The lowest BCUT2D eigenvalue weighted by Gasteiger charge is -2.35. The van der Waals surface area contributed by atoms with Gasteiger partial charge in [-0.15, -0.1) is 11.3 Å². The molecule has 2 aliphatic rings. The maximum atomic E-state index is 13.0. The zero-order valence-corrected chi connectivity index (χ0v) is 12.9. The lowest BCUT2D eigenvalue weighted by atomic mass is 10.1. The van der Waals surface area contributed by atoms with Crippen molar-refractivity contribution < 1.29 is 4.79 Å². The molecule has 3 rings (SSSR count). The monoisotopic (exact) mass is 293 g/mol. The summed E-state index contributed by atoms with van der Waals surface area (Å²) in [5.41, 5.74) is 1.26. The fourth-order valence-corrected chi connectivity index (χ4v) is 4.20. The smallest absolute Gasteiger partial charge is 0.245 e. The van der Waals surface area contributed by atoms with Gasteiger partial charge in [-0.2, -0.15) is 0 Å². The number of hydrogen-bond donors (Lipinski definition) is 1. The van der Waals surface area contributed by atoms with Crippen molar-refractivity contribution in [3.05, 3.63) is 21.9 Å². The molecule has 1 aromatic rings. The van der Waals surface area contributed by atoms with Gasteiger partial charge in [0.1, 0.15) is 6.04 Å². The van der Waals surface area contributed by atoms with Gasteiger partial charge in [-0.3, -0.25) is 9.69 Å². The largest absolute Gasteiger partial charge is 0.341 e. The highest BCUT2D eigenvalue weighted by molar-refractivity contribution is 7.10. The van der Waals surface area contributed by atoms with Gasteiger partial charge in [-0.05, 0) is 36.8 Å². The molecule has 0 radical (unpaired) electrons. The fourth-order valence-electron chi connectivity index (χ4n) is 3.15. The number of piperazine rings is 1. The van der Waals surface area contributed by atoms with Crippen molar-refractivity contribution in [2.24, 2.45) is 0 Å². The van der Waals surface area contributed by atoms with Crippen molar-refractivity contribution in [3.8, 4) is 0 Å². The van der Waals surface area contributed by atoms with Crippen LogP contribution in [0.5, 0.6) is 0 Å². The first-order valence-electron chi connectivity index (χ1n) is 7.55. The van der Waals surface area contributed by atoms with Crippen LogP contribution in [0.3, 0.4) is 0 Å². The van der Waals surface area contributed by atoms with Crippen molar-refractivity contribution in [3.63, 3.8) is 0 Å². The zero-order chi connectivity index (χ0) is 13.9. The summed E-state index contributed by atoms with van der Waals surface area (Å²) in [4.78, 5) is 18.6. The third-order valence-corrected chi connectivity index (χ3v) is 5.39. The van der Waals surface area contributed by atoms with Crippen LogP contribution in [0.2, 0.25) is 0 Å². The van der Waals surface area contributed by atoms with Crippen molar-refractivity contribution in [1.82, 2.24) is 15.1 Å². The van der Waals surface area contributed by atoms with E-state index in [0.29, 0.717) is 5.91 Å². The summed E-state index contributed by atoms with van der Waals surface area (Å²) < 4.78 is 0. The molecule has 1 amide bonds. The van der Waals surface area contributed by atoms with Crippen LogP contribution < -0.4 is 5.32 Å². The van der Waals surface area contributed by atoms with Gasteiger partial charge in [0.05, 0.1) is 0 Å². The number of carbonyl (C=O) groups is 1. The molecule has 0 aromatic carbocycles. The highest BCUT2D eigenvalue weighted by atomic mass is 32.1. The van der Waals surface area contributed by atoms with Crippen LogP contribution in [0.25, 0.3) is 0 Å². The van der Waals surface area contributed by atoms with Gasteiger partial charge < -0.3 is 10.2 Å². The van der Waals surface area contributed by atoms with E-state index in [1.807, 2.05) is 0 Å². The predicted molar refractivity (Wildman–Crippen MR) is 82.1 cm³/mol. The number of thiophene rings is 1. The van der Waals surface area contributed by atoms with Crippen LogP contribution in [-0.4, -0.2) is 55.0 Å². The van der Waals surface area contributed by atoms with Crippen LogP contribution in [0, 0.1) is 6.92 Å². The lowest BCUT2D eigenvalue weighted by molar-refractivity contribution is -0.136. The highest BCUT2D eigenvalue weighted by Gasteiger charge is 2.34. The van der Waals surface area contributed by atoms with E-state index in [2.05, 4.69) is 33.5 Å². The number of likely N-dealkylation sites (tertiary alicyclic amines) is 1. The van der Waals surface area contributed by atoms with E-state index in [0.717, 1.165) is 52.1 Å². The summed E-state index contributed by atoms with van der Waals surface area (Å²) in [5, 5.41) is 5.48. The predicted octanol–water partition coefficient (Wildman–Crippen LogP) is 1.63. The Hall–Kier alpha value is -0.910. The van der Waals surface area contributed by atoms with Gasteiger partial charge in [-0.1, -0.05) is 0 Å². The number of rotatable bonds is 3. The van der Waals surface area contributed by atoms with E-state index in [-0.39, 0.29) is 6.04 Å². The minimum absolute atomic E-state index is 0.0600. The first-order chi connectivity index (χ1) is 9.77. The van der Waals surface area contributed by atoms with Crippen molar-refractivity contribution >= 4 is 17.2 Å². The topological polar surface area (TPSA) is 35.6 Å². The molecular formula is C15H23N3OS. The van der Waals surface area contributed by atoms with Crippen molar-refractivity contribution in [1.29, 1.82) is 0 Å². The Morgan fingerprint density at radius 1 is 1.25 bits per heavy atom. The molecule has 0 spiro atoms. The van der Waals surface area contributed by atoms with E-state index >= 15 is 0 Å². The second-order valence-corrected chi connectivity index (χ2v) is 6.64. The van der Waals surface area contributed by atoms with Gasteiger partial charge in [-0.25, -0.2) is 0 Å². The van der Waals surface area contributed by atoms with Crippen LogP contribution in [0.15, 0.2) is 11.4 Å². The zero-order valence-electron chi connectivity index (χ0n) is 12.1. The van der Waals surface area contributed by atoms with Crippen LogP contribution in [0.4, 0.5) is 0 Å². The van der Waals surface area contributed by atoms with Gasteiger partial charge in [0, 0.05) is 44.1 Å². The number of aryl methyl sites for hydroxylation is 1. The molecule has 1 N–H and O–H groups in total. The summed E-state index contributed by atoms with van der Waals surface area (Å²) in [6, 6.07) is 2.07. The summed E-state index contributed by atoms with van der Waals surface area (Å²) in [5.74, 6) is 0.315.